The van der Waals surface area contributed by atoms with Crippen LogP contribution in [0.3, 0.4) is 0 Å². The number of hydrogen-bond acceptors (Lipinski definition) is 5. The second kappa shape index (κ2) is 6.53. The average molecular weight is 354 g/mol. The lowest BCUT2D eigenvalue weighted by Gasteiger charge is -2.13. The molecule has 0 amide bonds. The van der Waals surface area contributed by atoms with Crippen LogP contribution < -0.4 is 10.9 Å². The summed E-state index contributed by atoms with van der Waals surface area (Å²) < 4.78 is 2.20. The monoisotopic (exact) mass is 353 g/mol. The first-order valence-electron chi connectivity index (χ1n) is 6.90. The Bertz CT molecular complexity index is 711. The second-order valence-electron chi connectivity index (χ2n) is 5.14. The van der Waals surface area contributed by atoms with Crippen LogP contribution in [0, 0.1) is 6.92 Å². The van der Waals surface area contributed by atoms with Crippen LogP contribution in [0.4, 0.5) is 5.95 Å². The maximum Gasteiger partial charge on any atom is 0.266 e. The summed E-state index contributed by atoms with van der Waals surface area (Å²) in [7, 11) is 4.03. The molecule has 0 spiro atoms. The van der Waals surface area contributed by atoms with E-state index in [9.17, 15) is 4.79 Å². The number of anilines is 1. The van der Waals surface area contributed by atoms with Gasteiger partial charge in [-0.05, 0) is 49.9 Å². The van der Waals surface area contributed by atoms with Crippen molar-refractivity contribution in [2.24, 2.45) is 0 Å². The molecule has 7 heteroatoms. The van der Waals surface area contributed by atoms with Crippen LogP contribution in [0.5, 0.6) is 0 Å². The largest absolute Gasteiger partial charge is 0.353 e. The first-order chi connectivity index (χ1) is 9.93. The molecule has 0 saturated carbocycles. The van der Waals surface area contributed by atoms with Gasteiger partial charge >= 0.3 is 0 Å². The predicted octanol–water partition coefficient (Wildman–Crippen LogP) is 1.86. The lowest BCUT2D eigenvalue weighted by atomic mass is 10.2. The molecule has 0 aliphatic carbocycles. The van der Waals surface area contributed by atoms with E-state index in [-0.39, 0.29) is 5.56 Å². The molecule has 0 aliphatic rings. The first kappa shape index (κ1) is 15.9. The standard InChI is InChI=1S/C14H20BrN5O/c1-5-20-12-10(8-11(15)13(20)21)9(2)17-14(18-12)16-6-7-19(3)4/h8H,5-7H2,1-4H3,(H,16,17,18). The summed E-state index contributed by atoms with van der Waals surface area (Å²) in [5, 5.41) is 4.09. The van der Waals surface area contributed by atoms with Crippen molar-refractivity contribution in [3.8, 4) is 0 Å². The van der Waals surface area contributed by atoms with Crippen LogP contribution in [0.25, 0.3) is 11.0 Å². The quantitative estimate of drug-likeness (QED) is 0.888. The predicted molar refractivity (Wildman–Crippen MR) is 89.0 cm³/mol. The topological polar surface area (TPSA) is 63.1 Å². The molecule has 21 heavy (non-hydrogen) atoms. The molecule has 114 valence electrons. The SMILES string of the molecule is CCn1c(=O)c(Br)cc2c(C)nc(NCCN(C)C)nc21. The summed E-state index contributed by atoms with van der Waals surface area (Å²) in [6.45, 7) is 6.08. The highest BCUT2D eigenvalue weighted by Gasteiger charge is 2.12. The van der Waals surface area contributed by atoms with Gasteiger partial charge < -0.3 is 10.2 Å². The van der Waals surface area contributed by atoms with E-state index in [1.54, 1.807) is 10.6 Å². The number of likely N-dealkylation sites (N-methyl/N-ethyl adjacent to an activating group) is 1. The molecule has 2 aromatic rings. The summed E-state index contributed by atoms with van der Waals surface area (Å²) >= 11 is 3.31. The van der Waals surface area contributed by atoms with E-state index in [1.165, 1.54) is 0 Å². The van der Waals surface area contributed by atoms with Crippen molar-refractivity contribution in [2.45, 2.75) is 20.4 Å². The minimum Gasteiger partial charge on any atom is -0.353 e. The van der Waals surface area contributed by atoms with E-state index in [1.807, 2.05) is 27.9 Å². The summed E-state index contributed by atoms with van der Waals surface area (Å²) in [6.07, 6.45) is 0. The van der Waals surface area contributed by atoms with Crippen molar-refractivity contribution in [3.05, 3.63) is 26.6 Å². The van der Waals surface area contributed by atoms with E-state index < -0.39 is 0 Å². The molecule has 2 aromatic heterocycles. The smallest absolute Gasteiger partial charge is 0.266 e. The van der Waals surface area contributed by atoms with Crippen molar-refractivity contribution in [1.82, 2.24) is 19.4 Å². The number of pyridine rings is 1. The fraction of sp³-hybridized carbons (Fsp3) is 0.500. The Kier molecular flexibility index (Phi) is 4.95. The number of nitrogens with one attached hydrogen (secondary N) is 1. The maximum atomic E-state index is 12.2. The normalized spacial score (nSPS) is 11.3. The van der Waals surface area contributed by atoms with Crippen LogP contribution in [0.2, 0.25) is 0 Å². The van der Waals surface area contributed by atoms with Crippen molar-refractivity contribution in [2.75, 3.05) is 32.5 Å². The molecule has 0 atom stereocenters. The van der Waals surface area contributed by atoms with Crippen LogP contribution in [-0.4, -0.2) is 46.6 Å². The highest BCUT2D eigenvalue weighted by atomic mass is 79.9. The van der Waals surface area contributed by atoms with Crippen molar-refractivity contribution in [1.29, 1.82) is 0 Å². The van der Waals surface area contributed by atoms with Gasteiger partial charge in [-0.2, -0.15) is 4.98 Å². The zero-order chi connectivity index (χ0) is 15.6. The Hall–Kier alpha value is -1.47. The van der Waals surface area contributed by atoms with Gasteiger partial charge in [-0.1, -0.05) is 0 Å². The summed E-state index contributed by atoms with van der Waals surface area (Å²) in [6, 6.07) is 1.79. The molecule has 0 saturated heterocycles. The fourth-order valence-corrected chi connectivity index (χ4v) is 2.56. The van der Waals surface area contributed by atoms with Crippen LogP contribution in [0.15, 0.2) is 15.3 Å². The zero-order valence-corrected chi connectivity index (χ0v) is 14.4. The number of hydrogen-bond donors (Lipinski definition) is 1. The summed E-state index contributed by atoms with van der Waals surface area (Å²) in [5.74, 6) is 0.561. The van der Waals surface area contributed by atoms with Gasteiger partial charge in [0.05, 0.1) is 10.2 Å². The Balaban J connectivity index is 2.48. The highest BCUT2D eigenvalue weighted by Crippen LogP contribution is 2.19. The van der Waals surface area contributed by atoms with Gasteiger partial charge in [0.1, 0.15) is 5.65 Å². The van der Waals surface area contributed by atoms with Crippen LogP contribution in [0.1, 0.15) is 12.6 Å². The van der Waals surface area contributed by atoms with Crippen LogP contribution >= 0.6 is 15.9 Å². The first-order valence-corrected chi connectivity index (χ1v) is 7.69. The Morgan fingerprint density at radius 2 is 2.10 bits per heavy atom. The molecule has 2 heterocycles. The lowest BCUT2D eigenvalue weighted by molar-refractivity contribution is 0.425. The lowest BCUT2D eigenvalue weighted by Crippen LogP contribution is -2.23. The minimum atomic E-state index is -0.0673. The second-order valence-corrected chi connectivity index (χ2v) is 6.00. The molecular formula is C14H20BrN5O. The van der Waals surface area contributed by atoms with E-state index in [0.717, 1.165) is 24.2 Å². The molecule has 1 N–H and O–H groups in total. The van der Waals surface area contributed by atoms with Gasteiger partial charge in [0.25, 0.3) is 5.56 Å². The number of aromatic nitrogens is 3. The number of halogens is 1. The average Bonchev–Trinajstić information content (AvgIpc) is 2.41. The summed E-state index contributed by atoms with van der Waals surface area (Å²) in [5.41, 5.74) is 1.46. The van der Waals surface area contributed by atoms with Gasteiger partial charge in [0.2, 0.25) is 5.95 Å². The number of rotatable bonds is 5. The van der Waals surface area contributed by atoms with Gasteiger partial charge in [-0.3, -0.25) is 9.36 Å². The maximum absolute atomic E-state index is 12.2. The molecule has 2 rings (SSSR count). The third kappa shape index (κ3) is 3.41. The Morgan fingerprint density at radius 1 is 1.38 bits per heavy atom. The summed E-state index contributed by atoms with van der Waals surface area (Å²) in [4.78, 5) is 23.2. The van der Waals surface area contributed by atoms with Gasteiger partial charge in [0.15, 0.2) is 0 Å². The third-order valence-corrected chi connectivity index (χ3v) is 3.82. The van der Waals surface area contributed by atoms with Gasteiger partial charge in [-0.15, -0.1) is 0 Å². The molecule has 0 aliphatic heterocycles. The third-order valence-electron chi connectivity index (χ3n) is 3.25. The highest BCUT2D eigenvalue weighted by molar-refractivity contribution is 9.10. The molecule has 0 unspecified atom stereocenters. The number of fused-ring (bicyclic) bond motifs is 1. The van der Waals surface area contributed by atoms with E-state index in [2.05, 4.69) is 36.1 Å². The fourth-order valence-electron chi connectivity index (χ4n) is 2.12. The zero-order valence-electron chi connectivity index (χ0n) is 12.8. The van der Waals surface area contributed by atoms with Crippen LogP contribution in [-0.2, 0) is 6.54 Å². The minimum absolute atomic E-state index is 0.0673. The molecule has 0 radical (unpaired) electrons. The van der Waals surface area contributed by atoms with Crippen molar-refractivity contribution >= 4 is 32.9 Å². The Labute approximate surface area is 132 Å². The Morgan fingerprint density at radius 3 is 2.71 bits per heavy atom. The van der Waals surface area contributed by atoms with E-state index >= 15 is 0 Å². The molecule has 0 fully saturated rings. The molecule has 0 bridgehead atoms. The molecular weight excluding hydrogens is 334 g/mol. The van der Waals surface area contributed by atoms with Gasteiger partial charge in [-0.25, -0.2) is 4.98 Å². The van der Waals surface area contributed by atoms with E-state index in [0.29, 0.717) is 22.6 Å². The number of nitrogens with zero attached hydrogens (tertiary/aromatic N) is 4. The molecule has 6 nitrogen and oxygen atoms in total. The number of aryl methyl sites for hydroxylation is 2. The van der Waals surface area contributed by atoms with Crippen molar-refractivity contribution in [3.63, 3.8) is 0 Å². The van der Waals surface area contributed by atoms with Crippen molar-refractivity contribution < 1.29 is 0 Å². The van der Waals surface area contributed by atoms with E-state index in [4.69, 9.17) is 0 Å². The van der Waals surface area contributed by atoms with Gasteiger partial charge in [0, 0.05) is 25.0 Å². The molecule has 0 aromatic carbocycles.